The second kappa shape index (κ2) is 2.31. The van der Waals surface area contributed by atoms with Gasteiger partial charge in [0.15, 0.2) is 0 Å². The molecule has 1 nitrogen and oxygen atoms in total. The first kappa shape index (κ1) is 5.10. The molecule has 0 aliphatic carbocycles. The van der Waals surface area contributed by atoms with Crippen molar-refractivity contribution in [2.24, 2.45) is 0 Å². The lowest BCUT2D eigenvalue weighted by Gasteiger charge is -2.17. The number of hydrogen-bond donors (Lipinski definition) is 1. The highest BCUT2D eigenvalue weighted by atomic mass is 15.1. The van der Waals surface area contributed by atoms with Crippen molar-refractivity contribution in [3.63, 3.8) is 0 Å². The maximum Gasteiger partial charge on any atom is 0.0768 e. The Labute approximate surface area is 45.3 Å². The zero-order valence-corrected chi connectivity index (χ0v) is 5.04. The zero-order valence-electron chi connectivity index (χ0n) is 5.04. The Hall–Kier alpha value is -0.0400. The van der Waals surface area contributed by atoms with Crippen LogP contribution in [0, 0.1) is 0 Å². The summed E-state index contributed by atoms with van der Waals surface area (Å²) in [5.41, 5.74) is 0. The number of nitrogens with one attached hydrogen (secondary N) is 1. The third-order valence-corrected chi connectivity index (χ3v) is 1.71. The quantitative estimate of drug-likeness (QED) is 0.426. The Morgan fingerprint density at radius 3 is 1.86 bits per heavy atom. The maximum absolute atomic E-state index is 2.28. The van der Waals surface area contributed by atoms with Crippen molar-refractivity contribution in [3.05, 3.63) is 0 Å². The molecule has 1 heteroatoms. The molecular formula is C6H14N+. The molecular weight excluding hydrogens is 86.1 g/mol. The van der Waals surface area contributed by atoms with E-state index in [1.54, 1.807) is 4.90 Å². The third-order valence-electron chi connectivity index (χ3n) is 1.71. The summed E-state index contributed by atoms with van der Waals surface area (Å²) in [6, 6.07) is 0. The molecule has 0 aromatic rings. The van der Waals surface area contributed by atoms with Crippen molar-refractivity contribution in [2.75, 3.05) is 20.1 Å². The first-order valence-electron chi connectivity index (χ1n) is 3.21. The van der Waals surface area contributed by atoms with E-state index in [0.717, 1.165) is 0 Å². The fraction of sp³-hybridized carbons (Fsp3) is 1.00. The van der Waals surface area contributed by atoms with Crippen molar-refractivity contribution in [1.29, 1.82) is 0 Å². The van der Waals surface area contributed by atoms with Crippen LogP contribution in [-0.4, -0.2) is 20.1 Å². The lowest BCUT2D eigenvalue weighted by Crippen LogP contribution is -3.09. The molecule has 1 saturated heterocycles. The third kappa shape index (κ3) is 1.48. The topological polar surface area (TPSA) is 4.44 Å². The monoisotopic (exact) mass is 100 g/mol. The fourth-order valence-corrected chi connectivity index (χ4v) is 1.16. The van der Waals surface area contributed by atoms with Gasteiger partial charge in [0.2, 0.25) is 0 Å². The number of hydrogen-bond acceptors (Lipinski definition) is 0. The molecule has 1 aliphatic heterocycles. The molecule has 1 aliphatic rings. The normalized spacial score (nSPS) is 25.3. The van der Waals surface area contributed by atoms with Crippen LogP contribution in [0.5, 0.6) is 0 Å². The molecule has 0 radical (unpaired) electrons. The van der Waals surface area contributed by atoms with E-state index in [1.165, 1.54) is 32.4 Å². The smallest absolute Gasteiger partial charge is 0.0768 e. The Morgan fingerprint density at radius 2 is 1.57 bits per heavy atom. The molecule has 1 N–H and O–H groups in total. The molecule has 0 amide bonds. The molecule has 0 aromatic carbocycles. The minimum Gasteiger partial charge on any atom is -0.337 e. The summed E-state index contributed by atoms with van der Waals surface area (Å²) >= 11 is 0. The van der Waals surface area contributed by atoms with Crippen LogP contribution >= 0.6 is 0 Å². The molecule has 1 rings (SSSR count). The van der Waals surface area contributed by atoms with Gasteiger partial charge < -0.3 is 4.90 Å². The molecule has 1 fully saturated rings. The Kier molecular flexibility index (Phi) is 1.69. The van der Waals surface area contributed by atoms with Gasteiger partial charge in [0, 0.05) is 0 Å². The Morgan fingerprint density at radius 1 is 1.00 bits per heavy atom. The number of likely N-dealkylation sites (tertiary alicyclic amines) is 1. The largest absolute Gasteiger partial charge is 0.337 e. The molecule has 0 spiro atoms. The van der Waals surface area contributed by atoms with Crippen LogP contribution in [0.3, 0.4) is 0 Å². The summed E-state index contributed by atoms with van der Waals surface area (Å²) in [6.07, 6.45) is 4.37. The fourth-order valence-electron chi connectivity index (χ4n) is 1.16. The van der Waals surface area contributed by atoms with E-state index in [2.05, 4.69) is 7.05 Å². The average molecular weight is 100 g/mol. The van der Waals surface area contributed by atoms with Crippen LogP contribution in [-0.2, 0) is 0 Å². The van der Waals surface area contributed by atoms with E-state index in [1.807, 2.05) is 0 Å². The molecule has 0 saturated carbocycles. The van der Waals surface area contributed by atoms with Gasteiger partial charge >= 0.3 is 0 Å². The first-order valence-corrected chi connectivity index (χ1v) is 3.21. The van der Waals surface area contributed by atoms with Gasteiger partial charge in [0.05, 0.1) is 20.1 Å². The lowest BCUT2D eigenvalue weighted by atomic mass is 10.1. The average Bonchev–Trinajstić information content (AvgIpc) is 1.69. The number of piperidine rings is 1. The van der Waals surface area contributed by atoms with Gasteiger partial charge in [-0.25, -0.2) is 0 Å². The standard InChI is InChI=1S/C6H13N/c1-7-5-3-2-4-6-7/h2-6H2,1H3/p+1. The van der Waals surface area contributed by atoms with E-state index >= 15 is 0 Å². The second-order valence-electron chi connectivity index (χ2n) is 2.52. The minimum atomic E-state index is 1.40. The SMILES string of the molecule is C[NH+]1CCCCC1. The predicted molar refractivity (Wildman–Crippen MR) is 30.5 cm³/mol. The zero-order chi connectivity index (χ0) is 5.11. The Balaban J connectivity index is 2.12. The maximum atomic E-state index is 2.28. The highest BCUT2D eigenvalue weighted by molar-refractivity contribution is 4.42. The van der Waals surface area contributed by atoms with Gasteiger partial charge in [-0.1, -0.05) is 0 Å². The van der Waals surface area contributed by atoms with E-state index in [-0.39, 0.29) is 0 Å². The summed E-state index contributed by atoms with van der Waals surface area (Å²) in [5.74, 6) is 0. The molecule has 42 valence electrons. The summed E-state index contributed by atoms with van der Waals surface area (Å²) in [5, 5.41) is 0. The van der Waals surface area contributed by atoms with Crippen molar-refractivity contribution >= 4 is 0 Å². The van der Waals surface area contributed by atoms with Crippen LogP contribution in [0.15, 0.2) is 0 Å². The van der Waals surface area contributed by atoms with Gasteiger partial charge in [-0.3, -0.25) is 0 Å². The van der Waals surface area contributed by atoms with Crippen molar-refractivity contribution in [1.82, 2.24) is 0 Å². The summed E-state index contributed by atoms with van der Waals surface area (Å²) in [4.78, 5) is 1.71. The van der Waals surface area contributed by atoms with Crippen LogP contribution < -0.4 is 4.90 Å². The summed E-state index contributed by atoms with van der Waals surface area (Å²) < 4.78 is 0. The van der Waals surface area contributed by atoms with E-state index < -0.39 is 0 Å². The van der Waals surface area contributed by atoms with E-state index in [0.29, 0.717) is 0 Å². The van der Waals surface area contributed by atoms with E-state index in [4.69, 9.17) is 0 Å². The highest BCUT2D eigenvalue weighted by Gasteiger charge is 2.05. The summed E-state index contributed by atoms with van der Waals surface area (Å²) in [6.45, 7) is 2.81. The number of rotatable bonds is 0. The van der Waals surface area contributed by atoms with Crippen LogP contribution in [0.25, 0.3) is 0 Å². The van der Waals surface area contributed by atoms with Gasteiger partial charge in [-0.2, -0.15) is 0 Å². The lowest BCUT2D eigenvalue weighted by molar-refractivity contribution is -0.884. The molecule has 0 unspecified atom stereocenters. The van der Waals surface area contributed by atoms with Crippen molar-refractivity contribution < 1.29 is 4.90 Å². The van der Waals surface area contributed by atoms with Gasteiger partial charge in [-0.05, 0) is 19.3 Å². The summed E-state index contributed by atoms with van der Waals surface area (Å²) in [7, 11) is 2.28. The van der Waals surface area contributed by atoms with Crippen LogP contribution in [0.2, 0.25) is 0 Å². The van der Waals surface area contributed by atoms with Crippen molar-refractivity contribution in [2.45, 2.75) is 19.3 Å². The number of quaternary nitrogens is 1. The van der Waals surface area contributed by atoms with Crippen LogP contribution in [0.4, 0.5) is 0 Å². The van der Waals surface area contributed by atoms with E-state index in [9.17, 15) is 0 Å². The second-order valence-corrected chi connectivity index (χ2v) is 2.52. The predicted octanol–water partition coefficient (Wildman–Crippen LogP) is -0.315. The molecule has 1 heterocycles. The van der Waals surface area contributed by atoms with Gasteiger partial charge in [0.25, 0.3) is 0 Å². The highest BCUT2D eigenvalue weighted by Crippen LogP contribution is 1.92. The first-order chi connectivity index (χ1) is 3.39. The van der Waals surface area contributed by atoms with Gasteiger partial charge in [0.1, 0.15) is 0 Å². The Bertz CT molecular complexity index is 46.1. The molecule has 7 heavy (non-hydrogen) atoms. The molecule has 0 atom stereocenters. The molecule has 0 aromatic heterocycles. The van der Waals surface area contributed by atoms with Crippen LogP contribution in [0.1, 0.15) is 19.3 Å². The molecule has 0 bridgehead atoms. The van der Waals surface area contributed by atoms with Crippen molar-refractivity contribution in [3.8, 4) is 0 Å². The minimum absolute atomic E-state index is 1.40. The van der Waals surface area contributed by atoms with Gasteiger partial charge in [-0.15, -0.1) is 0 Å².